The fourth-order valence-corrected chi connectivity index (χ4v) is 7.43. The molecule has 1 atom stereocenters. The Bertz CT molecular complexity index is 2470. The highest BCUT2D eigenvalue weighted by Crippen LogP contribution is 2.30. The lowest BCUT2D eigenvalue weighted by Crippen LogP contribution is -2.48. The fraction of sp³-hybridized carbons (Fsp3) is 0.455. The van der Waals surface area contributed by atoms with Crippen molar-refractivity contribution in [3.63, 3.8) is 0 Å². The van der Waals surface area contributed by atoms with Gasteiger partial charge in [-0.25, -0.2) is 19.1 Å². The molecule has 59 heavy (non-hydrogen) atoms. The normalized spacial score (nSPS) is 16.5. The molecular weight excluding hydrogens is 755 g/mol. The van der Waals surface area contributed by atoms with Crippen LogP contribution in [0.2, 0.25) is 0 Å². The topological polar surface area (TPSA) is 198 Å². The van der Waals surface area contributed by atoms with E-state index >= 15 is 0 Å². The number of hydrogen-bond donors (Lipinski definition) is 5. The third-order valence-corrected chi connectivity index (χ3v) is 10.2. The number of imidazole rings is 1. The molecule has 2 aromatic heterocycles. The highest BCUT2D eigenvalue weighted by molar-refractivity contribution is 5.99. The number of anilines is 1. The van der Waals surface area contributed by atoms with Crippen molar-refractivity contribution in [1.82, 2.24) is 30.0 Å². The number of aromatic amines is 2. The summed E-state index contributed by atoms with van der Waals surface area (Å²) in [7, 11) is 0. The molecule has 2 heterocycles. The smallest absolute Gasteiger partial charge is 0.434 e. The van der Waals surface area contributed by atoms with Crippen LogP contribution >= 0.6 is 0 Å². The van der Waals surface area contributed by atoms with Gasteiger partial charge in [0.2, 0.25) is 11.8 Å². The second-order valence-electron chi connectivity index (χ2n) is 17.7. The van der Waals surface area contributed by atoms with Crippen molar-refractivity contribution in [3.05, 3.63) is 87.1 Å². The Kier molecular flexibility index (Phi) is 12.2. The Balaban J connectivity index is 1.20. The Morgan fingerprint density at radius 1 is 0.797 bits per heavy atom. The van der Waals surface area contributed by atoms with Crippen LogP contribution in [0.5, 0.6) is 0 Å². The van der Waals surface area contributed by atoms with Gasteiger partial charge in [-0.3, -0.25) is 14.4 Å². The van der Waals surface area contributed by atoms with Crippen molar-refractivity contribution in [1.29, 1.82) is 0 Å². The first-order chi connectivity index (χ1) is 27.7. The third-order valence-electron chi connectivity index (χ3n) is 10.2. The second kappa shape index (κ2) is 17.0. The number of benzene rings is 3. The van der Waals surface area contributed by atoms with Gasteiger partial charge in [-0.15, -0.1) is 0 Å². The number of amides is 3. The lowest BCUT2D eigenvalue weighted by Gasteiger charge is -2.29. The Hall–Kier alpha value is -6.12. The summed E-state index contributed by atoms with van der Waals surface area (Å²) >= 11 is 0. The summed E-state index contributed by atoms with van der Waals surface area (Å²) < 4.78 is 13.7. The molecule has 0 radical (unpaired) electrons. The SMILES string of the molecule is CC(C)n1c(=O)c2ccc(-c3ccc(C[C@H](NC(=O)[C@H]4CC[C@H](CNC(=O)OC(C)(C)C)CC4)C(=O)Nc4ccc5[nH]c(=O)[nH]c5c4)cc3)cc2n1C(=O)OC(C)(C)C. The lowest BCUT2D eigenvalue weighted by molar-refractivity contribution is -0.130. The summed E-state index contributed by atoms with van der Waals surface area (Å²) in [6.07, 6.45) is 1.77. The lowest BCUT2D eigenvalue weighted by atomic mass is 9.81. The number of ether oxygens (including phenoxy) is 2. The number of alkyl carbamates (subject to hydrolysis) is 1. The molecule has 0 spiro atoms. The highest BCUT2D eigenvalue weighted by Gasteiger charge is 2.31. The maximum atomic E-state index is 13.9. The van der Waals surface area contributed by atoms with Crippen molar-refractivity contribution in [3.8, 4) is 11.1 Å². The number of carbonyl (C=O) groups is 4. The molecule has 314 valence electrons. The van der Waals surface area contributed by atoms with Crippen molar-refractivity contribution < 1.29 is 28.7 Å². The standard InChI is InChI=1S/C44H55N7O8/c1-25(2)50-39(54)32-19-17-30(22-36(32)51(50)42(57)59-44(6,7)8)28-13-9-26(10-14-28)21-35(38(53)46-31-18-20-33-34(23-31)49-40(55)48-33)47-37(52)29-15-11-27(12-16-29)24-45-41(56)58-43(3,4)5/h9-10,13-14,17-20,22-23,25,27,29,35H,11-12,15-16,21,24H2,1-8H3,(H,45,56)(H,46,53)(H,47,52)(H2,48,49,55)/t27-,29-,35-/m0/s1. The number of nitrogens with one attached hydrogen (secondary N) is 5. The van der Waals surface area contributed by atoms with Gasteiger partial charge in [-0.1, -0.05) is 30.3 Å². The van der Waals surface area contributed by atoms with Crippen molar-refractivity contribution >= 4 is 51.6 Å². The van der Waals surface area contributed by atoms with E-state index in [1.165, 1.54) is 9.36 Å². The van der Waals surface area contributed by atoms with Gasteiger partial charge in [0, 0.05) is 30.6 Å². The monoisotopic (exact) mass is 809 g/mol. The molecule has 1 fully saturated rings. The van der Waals surface area contributed by atoms with E-state index in [0.29, 0.717) is 47.0 Å². The summed E-state index contributed by atoms with van der Waals surface area (Å²) in [6, 6.07) is 16.7. The molecule has 3 amide bonds. The van der Waals surface area contributed by atoms with E-state index in [-0.39, 0.29) is 41.5 Å². The molecule has 0 aliphatic heterocycles. The first-order valence-electron chi connectivity index (χ1n) is 20.1. The summed E-state index contributed by atoms with van der Waals surface area (Å²) in [5, 5.41) is 9.16. The molecule has 1 aliphatic carbocycles. The van der Waals surface area contributed by atoms with Gasteiger partial charge in [0.05, 0.1) is 21.9 Å². The average molecular weight is 810 g/mol. The predicted octanol–water partition coefficient (Wildman–Crippen LogP) is 7.00. The van der Waals surface area contributed by atoms with E-state index in [4.69, 9.17) is 9.47 Å². The van der Waals surface area contributed by atoms with Crippen LogP contribution in [0.3, 0.4) is 0 Å². The van der Waals surface area contributed by atoms with E-state index in [1.54, 1.807) is 51.1 Å². The molecule has 0 bridgehead atoms. The summed E-state index contributed by atoms with van der Waals surface area (Å²) in [5.41, 5.74) is 2.35. The van der Waals surface area contributed by atoms with Crippen LogP contribution in [-0.2, 0) is 25.5 Å². The summed E-state index contributed by atoms with van der Waals surface area (Å²) in [5.74, 6) is -0.733. The third kappa shape index (κ3) is 10.5. The molecule has 1 aliphatic rings. The molecule has 5 N–H and O–H groups in total. The van der Waals surface area contributed by atoms with Crippen LogP contribution in [0.4, 0.5) is 15.3 Å². The molecule has 15 heteroatoms. The fourth-order valence-electron chi connectivity index (χ4n) is 7.43. The maximum absolute atomic E-state index is 13.9. The minimum absolute atomic E-state index is 0.185. The largest absolute Gasteiger partial charge is 0.444 e. The Labute approximate surface area is 342 Å². The molecule has 3 aromatic carbocycles. The Morgan fingerprint density at radius 3 is 2.08 bits per heavy atom. The molecule has 6 rings (SSSR count). The first-order valence-corrected chi connectivity index (χ1v) is 20.1. The number of hydrogen-bond acceptors (Lipinski definition) is 8. The summed E-state index contributed by atoms with van der Waals surface area (Å²) in [6.45, 7) is 14.9. The molecule has 0 unspecified atom stereocenters. The number of rotatable bonds is 10. The number of aromatic nitrogens is 4. The zero-order valence-corrected chi connectivity index (χ0v) is 35.0. The van der Waals surface area contributed by atoms with Crippen LogP contribution in [0, 0.1) is 11.8 Å². The molecule has 0 saturated heterocycles. The van der Waals surface area contributed by atoms with Crippen molar-refractivity contribution in [2.75, 3.05) is 11.9 Å². The van der Waals surface area contributed by atoms with E-state index in [1.807, 2.05) is 65.0 Å². The molecule has 5 aromatic rings. The maximum Gasteiger partial charge on any atom is 0.434 e. The van der Waals surface area contributed by atoms with Crippen LogP contribution in [0.15, 0.2) is 70.3 Å². The minimum atomic E-state index is -0.934. The molecule has 1 saturated carbocycles. The van der Waals surface area contributed by atoms with Gasteiger partial charge in [0.1, 0.15) is 17.2 Å². The van der Waals surface area contributed by atoms with Gasteiger partial charge in [0.15, 0.2) is 0 Å². The van der Waals surface area contributed by atoms with E-state index in [2.05, 4.69) is 25.9 Å². The van der Waals surface area contributed by atoms with Gasteiger partial charge in [-0.2, -0.15) is 4.68 Å². The quantitative estimate of drug-likeness (QED) is 0.0993. The zero-order chi connectivity index (χ0) is 42.8. The molecular formula is C44H55N7O8. The number of fused-ring (bicyclic) bond motifs is 2. The minimum Gasteiger partial charge on any atom is -0.444 e. The van der Waals surface area contributed by atoms with Gasteiger partial charge < -0.3 is 35.4 Å². The van der Waals surface area contributed by atoms with E-state index in [0.717, 1.165) is 29.5 Å². The number of H-pyrrole nitrogens is 2. The molecule has 15 nitrogen and oxygen atoms in total. The van der Waals surface area contributed by atoms with E-state index in [9.17, 15) is 28.8 Å². The number of nitrogens with zero attached hydrogens (tertiary/aromatic N) is 2. The van der Waals surface area contributed by atoms with Gasteiger partial charge in [-0.05, 0) is 134 Å². The average Bonchev–Trinajstić information content (AvgIpc) is 3.68. The predicted molar refractivity (Wildman–Crippen MR) is 227 cm³/mol. The second-order valence-corrected chi connectivity index (χ2v) is 17.7. The number of carbonyl (C=O) groups excluding carboxylic acids is 4. The highest BCUT2D eigenvalue weighted by atomic mass is 16.6. The van der Waals surface area contributed by atoms with Crippen molar-refractivity contribution in [2.45, 2.75) is 111 Å². The van der Waals surface area contributed by atoms with Crippen LogP contribution in [0.25, 0.3) is 33.1 Å². The first kappa shape index (κ1) is 42.5. The Morgan fingerprint density at radius 2 is 1.44 bits per heavy atom. The van der Waals surface area contributed by atoms with Gasteiger partial charge in [0.25, 0.3) is 5.56 Å². The summed E-state index contributed by atoms with van der Waals surface area (Å²) in [4.78, 5) is 83.9. The van der Waals surface area contributed by atoms with Crippen LogP contribution in [0.1, 0.15) is 92.7 Å². The van der Waals surface area contributed by atoms with Crippen LogP contribution in [-0.4, -0.2) is 67.1 Å². The van der Waals surface area contributed by atoms with Crippen LogP contribution < -0.4 is 27.2 Å². The van der Waals surface area contributed by atoms with Crippen molar-refractivity contribution in [2.24, 2.45) is 11.8 Å². The zero-order valence-electron chi connectivity index (χ0n) is 35.0. The van der Waals surface area contributed by atoms with Gasteiger partial charge >= 0.3 is 17.9 Å². The van der Waals surface area contributed by atoms with E-state index < -0.39 is 35.3 Å².